The predicted molar refractivity (Wildman–Crippen MR) is 54.5 cm³/mol. The molecule has 0 aromatic heterocycles. The third-order valence-electron chi connectivity index (χ3n) is 1.79. The summed E-state index contributed by atoms with van der Waals surface area (Å²) in [6.07, 6.45) is 0.918. The van der Waals surface area contributed by atoms with E-state index >= 15 is 0 Å². The van der Waals surface area contributed by atoms with Gasteiger partial charge in [0.05, 0.1) is 12.8 Å². The summed E-state index contributed by atoms with van der Waals surface area (Å²) in [4.78, 5) is 0. The zero-order chi connectivity index (χ0) is 9.14. The van der Waals surface area contributed by atoms with Gasteiger partial charge in [-0.3, -0.25) is 0 Å². The van der Waals surface area contributed by atoms with Crippen molar-refractivity contribution in [3.05, 3.63) is 22.2 Å². The van der Waals surface area contributed by atoms with Crippen LogP contribution < -0.4 is 10.5 Å². The quantitative estimate of drug-likeness (QED) is 0.792. The first-order valence-electron chi connectivity index (χ1n) is 3.81. The van der Waals surface area contributed by atoms with E-state index in [4.69, 9.17) is 10.5 Å². The zero-order valence-electron chi connectivity index (χ0n) is 7.23. The second kappa shape index (κ2) is 3.81. The Morgan fingerprint density at radius 1 is 1.50 bits per heavy atom. The van der Waals surface area contributed by atoms with Gasteiger partial charge in [0, 0.05) is 4.47 Å². The van der Waals surface area contributed by atoms with Crippen LogP contribution in [0.2, 0.25) is 0 Å². The van der Waals surface area contributed by atoms with E-state index in [9.17, 15) is 0 Å². The van der Waals surface area contributed by atoms with Crippen LogP contribution >= 0.6 is 15.9 Å². The van der Waals surface area contributed by atoms with E-state index in [2.05, 4.69) is 22.9 Å². The van der Waals surface area contributed by atoms with Gasteiger partial charge in [-0.25, -0.2) is 0 Å². The SMILES string of the molecule is CCc1cc(Br)cc(OC)c1N. The maximum absolute atomic E-state index is 5.83. The van der Waals surface area contributed by atoms with Crippen LogP contribution in [0.3, 0.4) is 0 Å². The van der Waals surface area contributed by atoms with E-state index in [0.29, 0.717) is 0 Å². The second-order valence-electron chi connectivity index (χ2n) is 2.53. The van der Waals surface area contributed by atoms with Gasteiger partial charge in [0.1, 0.15) is 5.75 Å². The fourth-order valence-corrected chi connectivity index (χ4v) is 1.59. The Hall–Kier alpha value is -0.700. The third kappa shape index (κ3) is 1.72. The van der Waals surface area contributed by atoms with Gasteiger partial charge in [0.2, 0.25) is 0 Å². The van der Waals surface area contributed by atoms with Crippen LogP contribution in [0.5, 0.6) is 5.75 Å². The number of hydrogen-bond acceptors (Lipinski definition) is 2. The number of rotatable bonds is 2. The Balaban J connectivity index is 3.22. The first kappa shape index (κ1) is 9.39. The molecule has 0 heterocycles. The van der Waals surface area contributed by atoms with Crippen LogP contribution in [0, 0.1) is 0 Å². The Morgan fingerprint density at radius 3 is 2.67 bits per heavy atom. The van der Waals surface area contributed by atoms with Gasteiger partial charge in [-0.1, -0.05) is 22.9 Å². The fourth-order valence-electron chi connectivity index (χ4n) is 1.11. The normalized spacial score (nSPS) is 9.92. The predicted octanol–water partition coefficient (Wildman–Crippen LogP) is 2.60. The highest BCUT2D eigenvalue weighted by Crippen LogP contribution is 2.29. The molecule has 0 spiro atoms. The lowest BCUT2D eigenvalue weighted by Crippen LogP contribution is -1.97. The first-order chi connectivity index (χ1) is 5.69. The lowest BCUT2D eigenvalue weighted by atomic mass is 10.1. The third-order valence-corrected chi connectivity index (χ3v) is 2.25. The molecule has 0 saturated carbocycles. The molecule has 0 saturated heterocycles. The van der Waals surface area contributed by atoms with Crippen molar-refractivity contribution in [2.75, 3.05) is 12.8 Å². The molecule has 2 N–H and O–H groups in total. The van der Waals surface area contributed by atoms with Crippen molar-refractivity contribution in [2.24, 2.45) is 0 Å². The average Bonchev–Trinajstić information content (AvgIpc) is 2.08. The number of aryl methyl sites for hydroxylation is 1. The number of ether oxygens (including phenoxy) is 1. The summed E-state index contributed by atoms with van der Waals surface area (Å²) in [7, 11) is 1.62. The fraction of sp³-hybridized carbons (Fsp3) is 0.333. The summed E-state index contributed by atoms with van der Waals surface area (Å²) in [6.45, 7) is 2.07. The van der Waals surface area contributed by atoms with E-state index < -0.39 is 0 Å². The lowest BCUT2D eigenvalue weighted by Gasteiger charge is -2.09. The molecule has 0 fully saturated rings. The maximum Gasteiger partial charge on any atom is 0.143 e. The summed E-state index contributed by atoms with van der Waals surface area (Å²) >= 11 is 3.39. The molecule has 1 aromatic carbocycles. The number of methoxy groups -OCH3 is 1. The summed E-state index contributed by atoms with van der Waals surface area (Å²) in [5, 5.41) is 0. The van der Waals surface area contributed by atoms with E-state index in [1.165, 1.54) is 0 Å². The molecule has 0 radical (unpaired) electrons. The smallest absolute Gasteiger partial charge is 0.143 e. The second-order valence-corrected chi connectivity index (χ2v) is 3.45. The molecule has 0 aliphatic rings. The molecule has 0 atom stereocenters. The number of halogens is 1. The molecule has 3 heteroatoms. The van der Waals surface area contributed by atoms with Crippen LogP contribution in [0.15, 0.2) is 16.6 Å². The summed E-state index contributed by atoms with van der Waals surface area (Å²) in [5.74, 6) is 0.737. The first-order valence-corrected chi connectivity index (χ1v) is 4.60. The van der Waals surface area contributed by atoms with Crippen LogP contribution in [0.1, 0.15) is 12.5 Å². The highest BCUT2D eigenvalue weighted by molar-refractivity contribution is 9.10. The van der Waals surface area contributed by atoms with Gasteiger partial charge in [0.15, 0.2) is 0 Å². The molecule has 2 nitrogen and oxygen atoms in total. The van der Waals surface area contributed by atoms with Crippen molar-refractivity contribution >= 4 is 21.6 Å². The minimum absolute atomic E-state index is 0.737. The number of nitrogens with two attached hydrogens (primary N) is 1. The number of anilines is 1. The largest absolute Gasteiger partial charge is 0.495 e. The molecule has 0 aliphatic heterocycles. The maximum atomic E-state index is 5.83. The highest BCUT2D eigenvalue weighted by atomic mass is 79.9. The van der Waals surface area contributed by atoms with Gasteiger partial charge >= 0.3 is 0 Å². The van der Waals surface area contributed by atoms with Gasteiger partial charge in [-0.2, -0.15) is 0 Å². The topological polar surface area (TPSA) is 35.2 Å². The van der Waals surface area contributed by atoms with E-state index in [0.717, 1.165) is 27.9 Å². The van der Waals surface area contributed by atoms with Crippen molar-refractivity contribution in [1.29, 1.82) is 0 Å². The molecule has 1 aromatic rings. The van der Waals surface area contributed by atoms with Crippen LogP contribution in [-0.2, 0) is 6.42 Å². The molecule has 0 bridgehead atoms. The standard InChI is InChI=1S/C9H12BrNO/c1-3-6-4-7(10)5-8(12-2)9(6)11/h4-5H,3,11H2,1-2H3. The van der Waals surface area contributed by atoms with Gasteiger partial charge in [-0.05, 0) is 24.1 Å². The monoisotopic (exact) mass is 229 g/mol. The van der Waals surface area contributed by atoms with Crippen molar-refractivity contribution < 1.29 is 4.74 Å². The average molecular weight is 230 g/mol. The molecule has 0 unspecified atom stereocenters. The molecule has 66 valence electrons. The number of hydrogen-bond donors (Lipinski definition) is 1. The Bertz CT molecular complexity index is 261. The zero-order valence-corrected chi connectivity index (χ0v) is 8.81. The van der Waals surface area contributed by atoms with Crippen LogP contribution in [0.25, 0.3) is 0 Å². The number of benzene rings is 1. The van der Waals surface area contributed by atoms with Crippen molar-refractivity contribution in [1.82, 2.24) is 0 Å². The Kier molecular flexibility index (Phi) is 2.98. The molecule has 0 aliphatic carbocycles. The highest BCUT2D eigenvalue weighted by Gasteiger charge is 2.05. The van der Waals surface area contributed by atoms with Gasteiger partial charge < -0.3 is 10.5 Å². The summed E-state index contributed by atoms with van der Waals surface area (Å²) < 4.78 is 6.12. The van der Waals surface area contributed by atoms with E-state index in [-0.39, 0.29) is 0 Å². The summed E-state index contributed by atoms with van der Waals surface area (Å²) in [6, 6.07) is 3.88. The van der Waals surface area contributed by atoms with Crippen LogP contribution in [0.4, 0.5) is 5.69 Å². The van der Waals surface area contributed by atoms with Gasteiger partial charge in [-0.15, -0.1) is 0 Å². The summed E-state index contributed by atoms with van der Waals surface area (Å²) in [5.41, 5.74) is 7.68. The Morgan fingerprint density at radius 2 is 2.17 bits per heavy atom. The Labute approximate surface area is 80.8 Å². The van der Waals surface area contributed by atoms with Crippen LogP contribution in [-0.4, -0.2) is 7.11 Å². The molecule has 1 rings (SSSR count). The molecule has 12 heavy (non-hydrogen) atoms. The van der Waals surface area contributed by atoms with E-state index in [1.54, 1.807) is 7.11 Å². The molecule has 0 amide bonds. The van der Waals surface area contributed by atoms with Crippen molar-refractivity contribution in [2.45, 2.75) is 13.3 Å². The minimum atomic E-state index is 0.737. The van der Waals surface area contributed by atoms with Crippen molar-refractivity contribution in [3.8, 4) is 5.75 Å². The minimum Gasteiger partial charge on any atom is -0.495 e. The molecular weight excluding hydrogens is 218 g/mol. The van der Waals surface area contributed by atoms with Crippen molar-refractivity contribution in [3.63, 3.8) is 0 Å². The molecular formula is C9H12BrNO. The lowest BCUT2D eigenvalue weighted by molar-refractivity contribution is 0.416. The van der Waals surface area contributed by atoms with E-state index in [1.807, 2.05) is 12.1 Å². The number of nitrogen functional groups attached to an aromatic ring is 1. The van der Waals surface area contributed by atoms with Gasteiger partial charge in [0.25, 0.3) is 0 Å².